The molecule has 22 heteroatoms. The van der Waals surface area contributed by atoms with Crippen LogP contribution in [0.4, 0.5) is 24.8 Å². The molecule has 76 heavy (non-hydrogen) atoms. The van der Waals surface area contributed by atoms with Gasteiger partial charge in [0.1, 0.15) is 40.8 Å². The molecule has 2 aromatic carbocycles. The number of halogens is 3. The van der Waals surface area contributed by atoms with Crippen LogP contribution in [0, 0.1) is 30.6 Å². The number of amides is 2. The number of hydrogen-bond acceptors (Lipinski definition) is 17. The van der Waals surface area contributed by atoms with Gasteiger partial charge in [0.15, 0.2) is 11.4 Å². The highest BCUT2D eigenvalue weighted by atomic mass is 19.4. The molecule has 1 aromatic heterocycles. The molecule has 410 valence electrons. The lowest BCUT2D eigenvalue weighted by Crippen LogP contribution is -2.43. The Balaban J connectivity index is 1.07. The first-order chi connectivity index (χ1) is 36.0. The number of phenolic OH excluding ortho intramolecular Hbond substituents is 2. The summed E-state index contributed by atoms with van der Waals surface area (Å²) in [5, 5.41) is 50.0. The molecule has 0 aliphatic carbocycles. The highest BCUT2D eigenvalue weighted by molar-refractivity contribution is 6.18. The van der Waals surface area contributed by atoms with Crippen molar-refractivity contribution in [2.24, 2.45) is 33.7 Å². The summed E-state index contributed by atoms with van der Waals surface area (Å²) in [5.41, 5.74) is -1.83. The van der Waals surface area contributed by atoms with Crippen LogP contribution in [0.5, 0.6) is 17.2 Å². The molecule has 7 heterocycles. The maximum absolute atomic E-state index is 14.5. The van der Waals surface area contributed by atoms with Gasteiger partial charge in [0, 0.05) is 99.6 Å². The van der Waals surface area contributed by atoms with E-state index in [0.717, 1.165) is 18.8 Å². The van der Waals surface area contributed by atoms with E-state index in [1.807, 2.05) is 0 Å². The summed E-state index contributed by atoms with van der Waals surface area (Å²) in [6.07, 6.45) is -0.259. The normalized spacial score (nSPS) is 27.2. The van der Waals surface area contributed by atoms with Crippen LogP contribution in [-0.2, 0) is 30.0 Å². The molecule has 3 aromatic rings. The van der Waals surface area contributed by atoms with E-state index >= 15 is 0 Å². The second-order valence-electron chi connectivity index (χ2n) is 21.2. The zero-order chi connectivity index (χ0) is 55.0. The topological polar surface area (TPSA) is 249 Å². The largest absolute Gasteiger partial charge is 0.507 e. The maximum atomic E-state index is 14.5. The lowest BCUT2D eigenvalue weighted by atomic mass is 9.84. The van der Waals surface area contributed by atoms with Crippen LogP contribution in [0.3, 0.4) is 0 Å². The quantitative estimate of drug-likeness (QED) is 0.118. The number of phenols is 2. The van der Waals surface area contributed by atoms with Crippen LogP contribution in [-0.4, -0.2) is 140 Å². The van der Waals surface area contributed by atoms with Crippen LogP contribution in [0.2, 0.25) is 0 Å². The average Bonchev–Trinajstić information content (AvgIpc) is 3.95. The Hall–Kier alpha value is -6.65. The lowest BCUT2D eigenvalue weighted by molar-refractivity contribution is -0.161. The van der Waals surface area contributed by atoms with Crippen LogP contribution in [0.25, 0.3) is 10.8 Å². The molecule has 2 fully saturated rings. The number of esters is 1. The molecular weight excluding hydrogens is 994 g/mol. The van der Waals surface area contributed by atoms with Gasteiger partial charge in [-0.05, 0) is 50.7 Å². The summed E-state index contributed by atoms with van der Waals surface area (Å²) < 4.78 is 58.2. The van der Waals surface area contributed by atoms with E-state index in [4.69, 9.17) is 24.2 Å². The van der Waals surface area contributed by atoms with Gasteiger partial charge in [-0.3, -0.25) is 29.2 Å². The Morgan fingerprint density at radius 3 is 2.39 bits per heavy atom. The van der Waals surface area contributed by atoms with Gasteiger partial charge in [-0.2, -0.15) is 13.2 Å². The van der Waals surface area contributed by atoms with Gasteiger partial charge in [-0.1, -0.05) is 52.8 Å². The molecule has 5 bridgehead atoms. The number of ether oxygens (including phenoxy) is 3. The molecule has 6 aliphatic rings. The fourth-order valence-electron chi connectivity index (χ4n) is 10.6. The van der Waals surface area contributed by atoms with Gasteiger partial charge in [0.05, 0.1) is 34.8 Å². The number of ketones is 1. The number of hydrogen-bond donors (Lipinski definition) is 5. The van der Waals surface area contributed by atoms with Crippen molar-refractivity contribution in [3.63, 3.8) is 0 Å². The summed E-state index contributed by atoms with van der Waals surface area (Å²) in [6.45, 7) is 15.4. The Morgan fingerprint density at radius 1 is 0.961 bits per heavy atom. The number of alkyl halides is 3. The lowest BCUT2D eigenvalue weighted by Gasteiger charge is -2.36. The van der Waals surface area contributed by atoms with E-state index in [1.165, 1.54) is 24.2 Å². The number of allylic oxidation sites excluding steroid dienone is 3. The molecular formula is C54H67F3N8O11. The first kappa shape index (κ1) is 55.6. The molecule has 9 rings (SSSR count). The standard InChI is InChI=1S/C54H67F3N8O11/c1-28(2)27-63-20-15-53(16-21-63)61-42-39-40-45(70)33(7)49-41(39)47(72)51(76-49)74-24-9-13-30(4)48(32(6)35(67)25-34(66)29(3)11-8-12-31(5)50(73)60-44(46(40)71)43(42)62-53)75-38(69)26-37(68)64-18-10-19-65(23-22-64)52-58-17-14-36(59-52)54(55,56)57/h8-9,11-12,14,17,24,28-30,32,34-35,48,51,66-67,70-71H,10,13,15-16,18-23,25-27H2,1-7H3,(H,60,73)/b11-8+,24-9+,31-12-/t29?,30-,32-,34-,35?,48-,51+/m1/s1. The zero-order valence-electron chi connectivity index (χ0n) is 43.8. The Labute approximate surface area is 437 Å². The van der Waals surface area contributed by atoms with E-state index in [2.05, 4.69) is 34.0 Å². The predicted molar refractivity (Wildman–Crippen MR) is 272 cm³/mol. The smallest absolute Gasteiger partial charge is 0.433 e. The van der Waals surface area contributed by atoms with Crippen molar-refractivity contribution in [2.75, 3.05) is 56.0 Å². The van der Waals surface area contributed by atoms with E-state index in [-0.39, 0.29) is 94.6 Å². The number of likely N-dealkylation sites (tertiary alicyclic amines) is 1. The number of nitrogens with one attached hydrogen (secondary N) is 1. The average molecular weight is 1060 g/mol. The number of benzene rings is 2. The fourth-order valence-corrected chi connectivity index (χ4v) is 10.6. The van der Waals surface area contributed by atoms with E-state index in [1.54, 1.807) is 50.8 Å². The first-order valence-corrected chi connectivity index (χ1v) is 25.9. The molecule has 19 nitrogen and oxygen atoms in total. The van der Waals surface area contributed by atoms with Crippen LogP contribution in [0.1, 0.15) is 102 Å². The second-order valence-corrected chi connectivity index (χ2v) is 21.2. The van der Waals surface area contributed by atoms with Crippen LogP contribution < -0.4 is 25.7 Å². The van der Waals surface area contributed by atoms with Crippen molar-refractivity contribution in [3.05, 3.63) is 75.9 Å². The molecule has 6 aliphatic heterocycles. The van der Waals surface area contributed by atoms with E-state index in [9.17, 15) is 52.8 Å². The minimum absolute atomic E-state index is 0.00768. The van der Waals surface area contributed by atoms with Crippen LogP contribution in [0.15, 0.2) is 58.4 Å². The number of fused-ring (bicyclic) bond motifs is 13. The molecule has 2 unspecified atom stereocenters. The summed E-state index contributed by atoms with van der Waals surface area (Å²) in [7, 11) is 0. The number of piperidine rings is 1. The maximum Gasteiger partial charge on any atom is 0.433 e. The molecule has 7 atom stereocenters. The van der Waals surface area contributed by atoms with Gasteiger partial charge < -0.3 is 54.7 Å². The number of rotatable bonds is 6. The summed E-state index contributed by atoms with van der Waals surface area (Å²) in [6, 6.07) is 0.777. The summed E-state index contributed by atoms with van der Waals surface area (Å²) >= 11 is 0. The highest BCUT2D eigenvalue weighted by Crippen LogP contribution is 2.48. The van der Waals surface area contributed by atoms with E-state index < -0.39 is 101 Å². The van der Waals surface area contributed by atoms with Gasteiger partial charge in [0.25, 0.3) is 5.91 Å². The molecule has 0 saturated carbocycles. The van der Waals surface area contributed by atoms with Gasteiger partial charge in [-0.25, -0.2) is 9.97 Å². The predicted octanol–water partition coefficient (Wildman–Crippen LogP) is 5.41. The number of carbonyl (C=O) groups is 4. The van der Waals surface area contributed by atoms with Gasteiger partial charge >= 0.3 is 18.4 Å². The van der Waals surface area contributed by atoms with Crippen LogP contribution >= 0.6 is 0 Å². The van der Waals surface area contributed by atoms with Gasteiger partial charge in [-0.15, -0.1) is 0 Å². The number of aliphatic hydroxyl groups excluding tert-OH is 2. The van der Waals surface area contributed by atoms with Crippen molar-refractivity contribution in [1.82, 2.24) is 19.8 Å². The van der Waals surface area contributed by atoms with Gasteiger partial charge in [0.2, 0.25) is 17.6 Å². The van der Waals surface area contributed by atoms with Crippen molar-refractivity contribution in [1.29, 1.82) is 0 Å². The number of aromatic hydroxyl groups is 2. The second kappa shape index (κ2) is 22.5. The number of aromatic nitrogens is 2. The number of aliphatic hydroxyl groups is 2. The molecule has 1 spiro atoms. The third kappa shape index (κ3) is 11.7. The minimum atomic E-state index is -4.67. The third-order valence-electron chi connectivity index (χ3n) is 15.0. The number of nitrogens with zero attached hydrogens (tertiary/aromatic N) is 7. The number of Topliss-reactive ketones (excluding diaryl/α,β-unsaturated/α-hetero) is 1. The summed E-state index contributed by atoms with van der Waals surface area (Å²) in [4.78, 5) is 79.0. The molecule has 2 amide bonds. The molecule has 0 radical (unpaired) electrons. The van der Waals surface area contributed by atoms with E-state index in [0.29, 0.717) is 38.3 Å². The number of anilines is 2. The Morgan fingerprint density at radius 2 is 1.68 bits per heavy atom. The monoisotopic (exact) mass is 1060 g/mol. The minimum Gasteiger partial charge on any atom is -0.507 e. The van der Waals surface area contributed by atoms with Crippen molar-refractivity contribution < 1.29 is 67.0 Å². The molecule has 2 saturated heterocycles. The summed E-state index contributed by atoms with van der Waals surface area (Å²) in [5.74, 6) is -5.23. The Kier molecular flexibility index (Phi) is 16.5. The van der Waals surface area contributed by atoms with Crippen molar-refractivity contribution in [2.45, 2.75) is 123 Å². The zero-order valence-corrected chi connectivity index (χ0v) is 43.8. The third-order valence-corrected chi connectivity index (χ3v) is 15.0. The first-order valence-electron chi connectivity index (χ1n) is 25.9. The fraction of sp³-hybridized carbons (Fsp3) is 0.556. The Bertz CT molecular complexity index is 2970. The van der Waals surface area contributed by atoms with Crippen molar-refractivity contribution >= 4 is 46.0 Å². The highest BCUT2D eigenvalue weighted by Gasteiger charge is 2.44. The molecule has 5 N–H and O–H groups in total. The SMILES string of the molecule is C/C1=C/C=C/C(C)[C@H](O)CC(O)[C@@H](C)[C@H](OC(=O)CC(=O)N2CCCN(c3nccc(C(F)(F)F)n3)CC2)[C@H](C)C/C=C/O[C@H]2Oc3c(C)c(O)c4c(O)c(c5c(c4c3C2=O)=NC2(CCN(CC(C)C)CC2)N=5)NC1=O. The van der Waals surface area contributed by atoms with Crippen molar-refractivity contribution in [3.8, 4) is 17.2 Å². The number of carbonyl (C=O) groups excluding carboxylic acids is 4.